The lowest BCUT2D eigenvalue weighted by atomic mass is 10.0. The predicted octanol–water partition coefficient (Wildman–Crippen LogP) is 1.33. The van der Waals surface area contributed by atoms with Gasteiger partial charge in [-0.1, -0.05) is 19.1 Å². The second kappa shape index (κ2) is 7.35. The molecule has 0 saturated heterocycles. The zero-order valence-corrected chi connectivity index (χ0v) is 12.3. The molecule has 0 spiro atoms. The summed E-state index contributed by atoms with van der Waals surface area (Å²) in [5, 5.41) is 2.68. The van der Waals surface area contributed by atoms with E-state index < -0.39 is 21.9 Å². The van der Waals surface area contributed by atoms with Crippen molar-refractivity contribution in [1.29, 1.82) is 0 Å². The van der Waals surface area contributed by atoms with E-state index >= 15 is 0 Å². The van der Waals surface area contributed by atoms with Crippen molar-refractivity contribution < 1.29 is 17.6 Å². The van der Waals surface area contributed by atoms with E-state index in [1.165, 1.54) is 24.3 Å². The fraction of sp³-hybridized carbons (Fsp3) is 0.462. The Morgan fingerprint density at radius 3 is 2.40 bits per heavy atom. The Morgan fingerprint density at radius 1 is 1.30 bits per heavy atom. The molecular formula is C13H19FN2O3S. The fourth-order valence-electron chi connectivity index (χ4n) is 1.70. The Labute approximate surface area is 118 Å². The quantitative estimate of drug-likeness (QED) is 0.798. The van der Waals surface area contributed by atoms with E-state index in [0.717, 1.165) is 12.7 Å². The van der Waals surface area contributed by atoms with E-state index in [9.17, 15) is 17.6 Å². The number of carbonyl (C=O) groups is 1. The Kier molecular flexibility index (Phi) is 6.09. The minimum absolute atomic E-state index is 0.0291. The molecule has 0 aliphatic heterocycles. The topological polar surface area (TPSA) is 75.3 Å². The van der Waals surface area contributed by atoms with Crippen molar-refractivity contribution in [2.24, 2.45) is 0 Å². The predicted molar refractivity (Wildman–Crippen MR) is 75.0 cm³/mol. The molecule has 0 bridgehead atoms. The van der Waals surface area contributed by atoms with Crippen molar-refractivity contribution in [1.82, 2.24) is 10.0 Å². The number of hydrogen-bond donors (Lipinski definition) is 2. The normalized spacial score (nSPS) is 12.9. The zero-order chi connectivity index (χ0) is 15.2. The van der Waals surface area contributed by atoms with Gasteiger partial charge >= 0.3 is 0 Å². The van der Waals surface area contributed by atoms with Crippen LogP contribution in [-0.2, 0) is 14.8 Å². The summed E-state index contributed by atoms with van der Waals surface area (Å²) in [5.74, 6) is -0.667. The highest BCUT2D eigenvalue weighted by Crippen LogP contribution is 2.18. The first-order valence-corrected chi connectivity index (χ1v) is 8.20. The van der Waals surface area contributed by atoms with Crippen LogP contribution in [0.25, 0.3) is 0 Å². The van der Waals surface area contributed by atoms with Crippen LogP contribution in [-0.4, -0.2) is 27.1 Å². The van der Waals surface area contributed by atoms with Crippen molar-refractivity contribution in [3.63, 3.8) is 0 Å². The van der Waals surface area contributed by atoms with Crippen LogP contribution < -0.4 is 10.0 Å². The minimum atomic E-state index is -3.47. The van der Waals surface area contributed by atoms with E-state index in [1.54, 1.807) is 0 Å². The maximum Gasteiger partial charge on any atom is 0.221 e. The first kappa shape index (κ1) is 16.6. The molecule has 1 atom stereocenters. The van der Waals surface area contributed by atoms with Crippen molar-refractivity contribution in [2.75, 3.05) is 12.8 Å². The van der Waals surface area contributed by atoms with Gasteiger partial charge in [0.2, 0.25) is 15.9 Å². The van der Waals surface area contributed by atoms with Crippen LogP contribution in [0.3, 0.4) is 0 Å². The van der Waals surface area contributed by atoms with Crippen LogP contribution in [0.5, 0.6) is 0 Å². The second-order valence-electron chi connectivity index (χ2n) is 4.55. The molecule has 0 radical (unpaired) electrons. The van der Waals surface area contributed by atoms with E-state index in [2.05, 4.69) is 10.0 Å². The average Bonchev–Trinajstić information content (AvgIpc) is 2.35. The van der Waals surface area contributed by atoms with Gasteiger partial charge < -0.3 is 5.32 Å². The van der Waals surface area contributed by atoms with Crippen molar-refractivity contribution in [2.45, 2.75) is 25.8 Å². The Hall–Kier alpha value is -1.47. The number of hydrogen-bond acceptors (Lipinski definition) is 3. The smallest absolute Gasteiger partial charge is 0.221 e. The summed E-state index contributed by atoms with van der Waals surface area (Å²) >= 11 is 0. The number of nitrogens with one attached hydrogen (secondary N) is 2. The van der Waals surface area contributed by atoms with Gasteiger partial charge in [-0.25, -0.2) is 17.5 Å². The number of amides is 1. The summed E-state index contributed by atoms with van der Waals surface area (Å²) in [6.07, 6.45) is 1.79. The van der Waals surface area contributed by atoms with Crippen LogP contribution in [0, 0.1) is 5.82 Å². The van der Waals surface area contributed by atoms with Crippen LogP contribution in [0.4, 0.5) is 4.39 Å². The third kappa shape index (κ3) is 6.12. The lowest BCUT2D eigenvalue weighted by molar-refractivity contribution is -0.121. The van der Waals surface area contributed by atoms with Crippen molar-refractivity contribution >= 4 is 15.9 Å². The molecule has 0 aliphatic carbocycles. The molecule has 0 fully saturated rings. The van der Waals surface area contributed by atoms with Gasteiger partial charge in [-0.05, 0) is 24.1 Å². The maximum absolute atomic E-state index is 12.9. The van der Waals surface area contributed by atoms with Gasteiger partial charge in [-0.3, -0.25) is 4.79 Å². The Bertz CT molecular complexity index is 543. The number of halogens is 1. The van der Waals surface area contributed by atoms with Crippen LogP contribution in [0.15, 0.2) is 24.3 Å². The lowest BCUT2D eigenvalue weighted by Gasteiger charge is -2.17. The van der Waals surface area contributed by atoms with Crippen LogP contribution in [0.2, 0.25) is 0 Å². The molecule has 2 N–H and O–H groups in total. The van der Waals surface area contributed by atoms with E-state index in [1.807, 2.05) is 6.92 Å². The minimum Gasteiger partial charge on any atom is -0.356 e. The monoisotopic (exact) mass is 302 g/mol. The molecule has 0 aliphatic rings. The first-order valence-electron chi connectivity index (χ1n) is 6.31. The number of sulfonamides is 1. The third-order valence-electron chi connectivity index (χ3n) is 2.59. The third-order valence-corrected chi connectivity index (χ3v) is 3.30. The van der Waals surface area contributed by atoms with Crippen LogP contribution >= 0.6 is 0 Å². The number of rotatable bonds is 7. The molecule has 5 nitrogen and oxygen atoms in total. The summed E-state index contributed by atoms with van der Waals surface area (Å²) in [7, 11) is -3.47. The summed E-state index contributed by atoms with van der Waals surface area (Å²) in [6.45, 7) is 2.46. The molecule has 1 aromatic carbocycles. The standard InChI is InChI=1S/C13H19FN2O3S/c1-3-8-15-13(17)9-12(16-20(2,18)19)10-4-6-11(14)7-5-10/h4-7,12,16H,3,8-9H2,1-2H3,(H,15,17)/t12-/m0/s1. The second-order valence-corrected chi connectivity index (χ2v) is 6.33. The van der Waals surface area contributed by atoms with E-state index in [4.69, 9.17) is 0 Å². The van der Waals surface area contributed by atoms with Gasteiger partial charge in [0.25, 0.3) is 0 Å². The molecule has 0 unspecified atom stereocenters. The summed E-state index contributed by atoms with van der Waals surface area (Å²) in [5.41, 5.74) is 0.545. The first-order chi connectivity index (χ1) is 9.31. The van der Waals surface area contributed by atoms with Gasteiger partial charge in [0.05, 0.1) is 12.3 Å². The average molecular weight is 302 g/mol. The molecule has 112 valence electrons. The largest absolute Gasteiger partial charge is 0.356 e. The van der Waals surface area contributed by atoms with Gasteiger partial charge in [0.15, 0.2) is 0 Å². The molecule has 7 heteroatoms. The van der Waals surface area contributed by atoms with Gasteiger partial charge in [0, 0.05) is 13.0 Å². The Morgan fingerprint density at radius 2 is 1.90 bits per heavy atom. The molecular weight excluding hydrogens is 283 g/mol. The van der Waals surface area contributed by atoms with Gasteiger partial charge in [-0.2, -0.15) is 0 Å². The SMILES string of the molecule is CCCNC(=O)C[C@H](NS(C)(=O)=O)c1ccc(F)cc1. The van der Waals surface area contributed by atoms with Crippen molar-refractivity contribution in [3.05, 3.63) is 35.6 Å². The molecule has 20 heavy (non-hydrogen) atoms. The molecule has 1 amide bonds. The van der Waals surface area contributed by atoms with Gasteiger partial charge in [0.1, 0.15) is 5.82 Å². The lowest BCUT2D eigenvalue weighted by Crippen LogP contribution is -2.33. The van der Waals surface area contributed by atoms with E-state index in [-0.39, 0.29) is 12.3 Å². The molecule has 1 rings (SSSR count). The highest BCUT2D eigenvalue weighted by atomic mass is 32.2. The van der Waals surface area contributed by atoms with Gasteiger partial charge in [-0.15, -0.1) is 0 Å². The fourth-order valence-corrected chi connectivity index (χ4v) is 2.44. The summed E-state index contributed by atoms with van der Waals surface area (Å²) in [4.78, 5) is 11.7. The summed E-state index contributed by atoms with van der Waals surface area (Å²) < 4.78 is 38.0. The highest BCUT2D eigenvalue weighted by molar-refractivity contribution is 7.88. The van der Waals surface area contributed by atoms with Crippen LogP contribution in [0.1, 0.15) is 31.4 Å². The number of carbonyl (C=O) groups excluding carboxylic acids is 1. The van der Waals surface area contributed by atoms with E-state index in [0.29, 0.717) is 12.1 Å². The molecule has 0 heterocycles. The molecule has 0 aromatic heterocycles. The zero-order valence-electron chi connectivity index (χ0n) is 11.5. The maximum atomic E-state index is 12.9. The number of benzene rings is 1. The highest BCUT2D eigenvalue weighted by Gasteiger charge is 2.19. The van der Waals surface area contributed by atoms with Crippen molar-refractivity contribution in [3.8, 4) is 0 Å². The summed E-state index contributed by atoms with van der Waals surface area (Å²) in [6, 6.07) is 4.69. The molecule has 0 saturated carbocycles. The molecule has 1 aromatic rings. The Balaban J connectivity index is 2.85.